The Labute approximate surface area is 164 Å². The van der Waals surface area contributed by atoms with Crippen LogP contribution in [0.5, 0.6) is 0 Å². The highest BCUT2D eigenvalue weighted by molar-refractivity contribution is 6.30. The van der Waals surface area contributed by atoms with E-state index in [9.17, 15) is 9.18 Å². The number of benzene rings is 1. The Balaban J connectivity index is 1.71. The Morgan fingerprint density at radius 2 is 2.00 bits per heavy atom. The van der Waals surface area contributed by atoms with Gasteiger partial charge in [0, 0.05) is 29.0 Å². The third kappa shape index (κ3) is 3.57. The molecule has 0 aliphatic rings. The number of nitrogens with zero attached hydrogens (tertiary/aromatic N) is 4. The summed E-state index contributed by atoms with van der Waals surface area (Å²) in [6.07, 6.45) is 4.25. The van der Waals surface area contributed by atoms with Crippen LogP contribution in [0.15, 0.2) is 70.4 Å². The molecule has 3 heterocycles. The molecule has 1 unspecified atom stereocenters. The predicted molar refractivity (Wildman–Crippen MR) is 102 cm³/mol. The fourth-order valence-electron chi connectivity index (χ4n) is 2.84. The van der Waals surface area contributed by atoms with E-state index in [1.807, 2.05) is 6.07 Å². The molecule has 1 atom stereocenters. The summed E-state index contributed by atoms with van der Waals surface area (Å²) in [5.41, 5.74) is 1.62. The summed E-state index contributed by atoms with van der Waals surface area (Å²) in [5.74, 6) is 0.183. The largest absolute Gasteiger partial charge is 0.334 e. The van der Waals surface area contributed by atoms with Crippen molar-refractivity contribution in [3.63, 3.8) is 0 Å². The number of halogens is 2. The molecule has 0 radical (unpaired) electrons. The van der Waals surface area contributed by atoms with Crippen LogP contribution in [0.1, 0.15) is 18.5 Å². The zero-order valence-electron chi connectivity index (χ0n) is 14.7. The van der Waals surface area contributed by atoms with Crippen molar-refractivity contribution in [3.8, 4) is 22.8 Å². The lowest BCUT2D eigenvalue weighted by Gasteiger charge is -2.15. The Morgan fingerprint density at radius 3 is 2.79 bits per heavy atom. The highest BCUT2D eigenvalue weighted by Gasteiger charge is 2.15. The third-order valence-corrected chi connectivity index (χ3v) is 4.55. The number of hydrogen-bond donors (Lipinski definition) is 0. The van der Waals surface area contributed by atoms with E-state index in [0.29, 0.717) is 22.0 Å². The summed E-state index contributed by atoms with van der Waals surface area (Å²) in [6, 6.07) is 11.0. The van der Waals surface area contributed by atoms with Crippen molar-refractivity contribution in [2.75, 3.05) is 0 Å². The highest BCUT2D eigenvalue weighted by Crippen LogP contribution is 2.25. The molecule has 0 aliphatic heterocycles. The fourth-order valence-corrected chi connectivity index (χ4v) is 3.03. The smallest absolute Gasteiger partial charge is 0.259 e. The van der Waals surface area contributed by atoms with E-state index in [-0.39, 0.29) is 11.4 Å². The summed E-state index contributed by atoms with van der Waals surface area (Å²) in [6.45, 7) is 1.78. The van der Waals surface area contributed by atoms with E-state index in [2.05, 4.69) is 15.1 Å². The first-order valence-corrected chi connectivity index (χ1v) is 8.82. The molecule has 1 aromatic carbocycles. The van der Waals surface area contributed by atoms with Crippen LogP contribution in [0.25, 0.3) is 22.8 Å². The normalized spacial score (nSPS) is 12.1. The van der Waals surface area contributed by atoms with Crippen molar-refractivity contribution >= 4 is 11.6 Å². The molecular weight excluding hydrogens is 383 g/mol. The minimum Gasteiger partial charge on any atom is -0.334 e. The van der Waals surface area contributed by atoms with Gasteiger partial charge in [-0.15, -0.1) is 0 Å². The summed E-state index contributed by atoms with van der Waals surface area (Å²) in [5, 5.41) is 4.54. The van der Waals surface area contributed by atoms with E-state index in [0.717, 1.165) is 11.8 Å². The van der Waals surface area contributed by atoms with Crippen LogP contribution < -0.4 is 5.56 Å². The van der Waals surface area contributed by atoms with Crippen LogP contribution >= 0.6 is 11.6 Å². The third-order valence-electron chi connectivity index (χ3n) is 4.32. The summed E-state index contributed by atoms with van der Waals surface area (Å²) < 4.78 is 20.3. The number of aromatic nitrogens is 4. The maximum absolute atomic E-state index is 13.5. The molecule has 0 saturated carbocycles. The lowest BCUT2D eigenvalue weighted by molar-refractivity contribution is 0.431. The predicted octanol–water partition coefficient (Wildman–Crippen LogP) is 4.36. The van der Waals surface area contributed by atoms with E-state index < -0.39 is 11.9 Å². The molecule has 0 N–H and O–H groups in total. The fraction of sp³-hybridized carbons (Fsp3) is 0.100. The molecule has 6 nitrogen and oxygen atoms in total. The lowest BCUT2D eigenvalue weighted by Crippen LogP contribution is -2.22. The van der Waals surface area contributed by atoms with Crippen LogP contribution in [-0.2, 0) is 0 Å². The van der Waals surface area contributed by atoms with E-state index in [1.54, 1.807) is 37.4 Å². The Kier molecular flexibility index (Phi) is 4.75. The van der Waals surface area contributed by atoms with Gasteiger partial charge in [0.25, 0.3) is 11.4 Å². The van der Waals surface area contributed by atoms with E-state index in [1.165, 1.54) is 22.9 Å². The summed E-state index contributed by atoms with van der Waals surface area (Å²) in [7, 11) is 0. The molecule has 0 bridgehead atoms. The van der Waals surface area contributed by atoms with Gasteiger partial charge in [-0.25, -0.2) is 4.39 Å². The van der Waals surface area contributed by atoms with Crippen molar-refractivity contribution in [2.45, 2.75) is 13.0 Å². The molecule has 3 aromatic heterocycles. The van der Waals surface area contributed by atoms with Gasteiger partial charge in [-0.1, -0.05) is 28.9 Å². The summed E-state index contributed by atoms with van der Waals surface area (Å²) in [4.78, 5) is 20.6. The van der Waals surface area contributed by atoms with Gasteiger partial charge in [-0.05, 0) is 36.8 Å². The minimum absolute atomic E-state index is 0.241. The van der Waals surface area contributed by atoms with Gasteiger partial charge in [-0.2, -0.15) is 4.98 Å². The van der Waals surface area contributed by atoms with Crippen LogP contribution in [-0.4, -0.2) is 19.7 Å². The molecule has 0 aliphatic carbocycles. The van der Waals surface area contributed by atoms with Gasteiger partial charge in [0.2, 0.25) is 5.82 Å². The average molecular weight is 397 g/mol. The van der Waals surface area contributed by atoms with Crippen molar-refractivity contribution < 1.29 is 8.91 Å². The minimum atomic E-state index is -0.461. The Morgan fingerprint density at radius 1 is 1.14 bits per heavy atom. The summed E-state index contributed by atoms with van der Waals surface area (Å²) >= 11 is 6.00. The van der Waals surface area contributed by atoms with Crippen molar-refractivity contribution in [1.29, 1.82) is 0 Å². The second kappa shape index (κ2) is 7.36. The van der Waals surface area contributed by atoms with Gasteiger partial charge in [0.05, 0.1) is 17.8 Å². The first kappa shape index (κ1) is 18.1. The molecule has 4 rings (SSSR count). The quantitative estimate of drug-likeness (QED) is 0.512. The number of rotatable bonds is 4. The molecule has 0 saturated heterocycles. The van der Waals surface area contributed by atoms with Gasteiger partial charge in [0.1, 0.15) is 5.82 Å². The van der Waals surface area contributed by atoms with Crippen LogP contribution in [0, 0.1) is 5.82 Å². The van der Waals surface area contributed by atoms with Gasteiger partial charge in [0.15, 0.2) is 0 Å². The maximum Gasteiger partial charge on any atom is 0.259 e. The van der Waals surface area contributed by atoms with Crippen LogP contribution in [0.4, 0.5) is 4.39 Å². The molecule has 28 heavy (non-hydrogen) atoms. The number of pyridine rings is 2. The molecule has 8 heteroatoms. The Bertz CT molecular complexity index is 1200. The first-order chi connectivity index (χ1) is 13.5. The van der Waals surface area contributed by atoms with Crippen molar-refractivity contribution in [1.82, 2.24) is 19.7 Å². The zero-order valence-corrected chi connectivity index (χ0v) is 15.5. The lowest BCUT2D eigenvalue weighted by atomic mass is 10.1. The second-order valence-electron chi connectivity index (χ2n) is 6.21. The zero-order chi connectivity index (χ0) is 19.7. The van der Waals surface area contributed by atoms with Crippen molar-refractivity contribution in [2.24, 2.45) is 0 Å². The molecule has 0 amide bonds. The Hall–Kier alpha value is -3.32. The maximum atomic E-state index is 13.5. The SMILES string of the molecule is CC(c1cncc(F)c1)n1cc(-c2nc(-c3cccc(Cl)c3)no2)ccc1=O. The van der Waals surface area contributed by atoms with E-state index >= 15 is 0 Å². The molecule has 0 spiro atoms. The van der Waals surface area contributed by atoms with Crippen molar-refractivity contribution in [3.05, 3.63) is 87.8 Å². The highest BCUT2D eigenvalue weighted by atomic mass is 35.5. The van der Waals surface area contributed by atoms with Gasteiger partial charge < -0.3 is 9.09 Å². The molecule has 140 valence electrons. The second-order valence-corrected chi connectivity index (χ2v) is 6.65. The van der Waals surface area contributed by atoms with E-state index in [4.69, 9.17) is 16.1 Å². The topological polar surface area (TPSA) is 73.8 Å². The molecular formula is C20H14ClFN4O2. The van der Waals surface area contributed by atoms with Gasteiger partial charge >= 0.3 is 0 Å². The molecule has 4 aromatic rings. The van der Waals surface area contributed by atoms with Crippen LogP contribution in [0.2, 0.25) is 5.02 Å². The average Bonchev–Trinajstić information content (AvgIpc) is 3.18. The standard InChI is InChI=1S/C20H14ClFN4O2/c1-12(15-8-17(22)10-23-9-15)26-11-14(5-6-18(26)27)20-24-19(25-28-20)13-3-2-4-16(21)7-13/h2-12H,1H3. The van der Waals surface area contributed by atoms with Crippen LogP contribution in [0.3, 0.4) is 0 Å². The molecule has 0 fully saturated rings. The van der Waals surface area contributed by atoms with Gasteiger partial charge in [-0.3, -0.25) is 9.78 Å². The number of hydrogen-bond acceptors (Lipinski definition) is 5. The first-order valence-electron chi connectivity index (χ1n) is 8.44. The monoisotopic (exact) mass is 396 g/mol.